The molecule has 0 aliphatic carbocycles. The molecule has 6 heteroatoms. The lowest BCUT2D eigenvalue weighted by Crippen LogP contribution is -2.43. The number of amides is 1. The van der Waals surface area contributed by atoms with E-state index in [9.17, 15) is 4.79 Å². The normalized spacial score (nSPS) is 17.3. The molecular formula is C16H22N4OS. The number of aromatic nitrogens is 2. The maximum Gasteiger partial charge on any atom is 0.243 e. The van der Waals surface area contributed by atoms with Crippen molar-refractivity contribution in [1.29, 1.82) is 0 Å². The minimum absolute atomic E-state index is 0.0135. The van der Waals surface area contributed by atoms with Crippen molar-refractivity contribution in [2.24, 2.45) is 0 Å². The van der Waals surface area contributed by atoms with Crippen LogP contribution in [0.5, 0.6) is 0 Å². The molecular weight excluding hydrogens is 296 g/mol. The fourth-order valence-corrected chi connectivity index (χ4v) is 2.84. The van der Waals surface area contributed by atoms with Gasteiger partial charge in [-0.15, -0.1) is 0 Å². The third-order valence-electron chi connectivity index (χ3n) is 3.31. The molecule has 118 valence electrons. The number of carbonyl (C=O) groups excluding carboxylic acids is 1. The highest BCUT2D eigenvalue weighted by Crippen LogP contribution is 2.21. The van der Waals surface area contributed by atoms with Crippen molar-refractivity contribution < 1.29 is 4.79 Å². The predicted molar refractivity (Wildman–Crippen MR) is 91.0 cm³/mol. The molecule has 2 heterocycles. The highest BCUT2D eigenvalue weighted by atomic mass is 32.1. The molecule has 1 aromatic heterocycles. The second-order valence-electron chi connectivity index (χ2n) is 4.78. The Morgan fingerprint density at radius 2 is 2.05 bits per heavy atom. The molecule has 2 aromatic rings. The fraction of sp³-hybridized carbons (Fsp3) is 0.438. The predicted octanol–water partition coefficient (Wildman–Crippen LogP) is 3.31. The standard InChI is InChI=1S/C14H16N4OS.C2H6/c19-13(11-8-4-5-9-15-11)17-14-16-12(18-20-14)10-6-2-1-3-7-10;1-2/h1-3,6-7,11,15H,4-5,8-9H2,(H,16,17,18,19);1-2H3. The van der Waals surface area contributed by atoms with Crippen molar-refractivity contribution in [2.45, 2.75) is 39.2 Å². The van der Waals surface area contributed by atoms with Crippen molar-refractivity contribution in [3.05, 3.63) is 30.3 Å². The molecule has 1 aromatic carbocycles. The molecule has 2 N–H and O–H groups in total. The molecule has 1 fully saturated rings. The summed E-state index contributed by atoms with van der Waals surface area (Å²) < 4.78 is 4.28. The minimum Gasteiger partial charge on any atom is -0.306 e. The monoisotopic (exact) mass is 318 g/mol. The number of piperidine rings is 1. The van der Waals surface area contributed by atoms with Gasteiger partial charge < -0.3 is 5.32 Å². The van der Waals surface area contributed by atoms with Crippen molar-refractivity contribution >= 4 is 22.6 Å². The summed E-state index contributed by atoms with van der Waals surface area (Å²) in [6, 6.07) is 9.65. The Kier molecular flexibility index (Phi) is 6.48. The van der Waals surface area contributed by atoms with Crippen LogP contribution in [-0.4, -0.2) is 27.9 Å². The van der Waals surface area contributed by atoms with Gasteiger partial charge in [-0.25, -0.2) is 0 Å². The maximum atomic E-state index is 12.1. The number of benzene rings is 1. The molecule has 1 atom stereocenters. The summed E-state index contributed by atoms with van der Waals surface area (Å²) in [7, 11) is 0. The minimum atomic E-state index is -0.104. The van der Waals surface area contributed by atoms with Gasteiger partial charge >= 0.3 is 0 Å². The van der Waals surface area contributed by atoms with Gasteiger partial charge in [0.15, 0.2) is 5.82 Å². The number of nitrogens with zero attached hydrogens (tertiary/aromatic N) is 2. The third kappa shape index (κ3) is 4.35. The number of hydrogen-bond donors (Lipinski definition) is 2. The van der Waals surface area contributed by atoms with Crippen molar-refractivity contribution in [3.63, 3.8) is 0 Å². The molecule has 0 saturated carbocycles. The van der Waals surface area contributed by atoms with Crippen LogP contribution in [0.1, 0.15) is 33.1 Å². The van der Waals surface area contributed by atoms with Gasteiger partial charge in [0.2, 0.25) is 11.0 Å². The van der Waals surface area contributed by atoms with Crippen LogP contribution in [0.25, 0.3) is 11.4 Å². The van der Waals surface area contributed by atoms with E-state index in [1.165, 1.54) is 11.5 Å². The van der Waals surface area contributed by atoms with Gasteiger partial charge in [-0.1, -0.05) is 50.6 Å². The van der Waals surface area contributed by atoms with Crippen LogP contribution in [0.4, 0.5) is 5.13 Å². The molecule has 1 amide bonds. The van der Waals surface area contributed by atoms with E-state index < -0.39 is 0 Å². The second kappa shape index (κ2) is 8.60. The van der Waals surface area contributed by atoms with Gasteiger partial charge in [-0.2, -0.15) is 9.36 Å². The van der Waals surface area contributed by atoms with E-state index in [1.807, 2.05) is 44.2 Å². The van der Waals surface area contributed by atoms with E-state index in [4.69, 9.17) is 0 Å². The quantitative estimate of drug-likeness (QED) is 0.911. The molecule has 1 unspecified atom stereocenters. The van der Waals surface area contributed by atoms with Crippen LogP contribution in [0, 0.1) is 0 Å². The third-order valence-corrected chi connectivity index (χ3v) is 3.95. The number of carbonyl (C=O) groups is 1. The molecule has 1 aliphatic heterocycles. The SMILES string of the molecule is CC.O=C(Nc1nc(-c2ccccc2)ns1)C1CCCCN1. The van der Waals surface area contributed by atoms with E-state index >= 15 is 0 Å². The van der Waals surface area contributed by atoms with Crippen LogP contribution < -0.4 is 10.6 Å². The summed E-state index contributed by atoms with van der Waals surface area (Å²) in [5.74, 6) is 0.642. The van der Waals surface area contributed by atoms with Gasteiger partial charge in [0, 0.05) is 17.1 Å². The van der Waals surface area contributed by atoms with Gasteiger partial charge in [-0.3, -0.25) is 10.1 Å². The summed E-state index contributed by atoms with van der Waals surface area (Å²) in [6.45, 7) is 4.91. The van der Waals surface area contributed by atoms with Gasteiger partial charge in [-0.05, 0) is 19.4 Å². The summed E-state index contributed by atoms with van der Waals surface area (Å²) in [5, 5.41) is 6.62. The van der Waals surface area contributed by atoms with E-state index in [-0.39, 0.29) is 11.9 Å². The largest absolute Gasteiger partial charge is 0.306 e. The van der Waals surface area contributed by atoms with Crippen LogP contribution in [0.15, 0.2) is 30.3 Å². The average Bonchev–Trinajstić information content (AvgIpc) is 3.07. The zero-order valence-corrected chi connectivity index (χ0v) is 13.8. The number of nitrogens with one attached hydrogen (secondary N) is 2. The molecule has 0 spiro atoms. The molecule has 3 rings (SSSR count). The van der Waals surface area contributed by atoms with Gasteiger partial charge in [0.25, 0.3) is 0 Å². The van der Waals surface area contributed by atoms with Crippen LogP contribution in [0.2, 0.25) is 0 Å². The fourth-order valence-electron chi connectivity index (χ4n) is 2.25. The van der Waals surface area contributed by atoms with E-state index in [0.717, 1.165) is 31.4 Å². The lowest BCUT2D eigenvalue weighted by Gasteiger charge is -2.21. The van der Waals surface area contributed by atoms with Gasteiger partial charge in [0.05, 0.1) is 6.04 Å². The lowest BCUT2D eigenvalue weighted by molar-refractivity contribution is -0.118. The van der Waals surface area contributed by atoms with Crippen LogP contribution in [-0.2, 0) is 4.79 Å². The Labute approximate surface area is 135 Å². The van der Waals surface area contributed by atoms with Gasteiger partial charge in [0.1, 0.15) is 0 Å². The highest BCUT2D eigenvalue weighted by molar-refractivity contribution is 7.10. The first kappa shape index (κ1) is 16.6. The number of anilines is 1. The zero-order valence-electron chi connectivity index (χ0n) is 13.0. The average molecular weight is 318 g/mol. The molecule has 0 bridgehead atoms. The molecule has 1 aliphatic rings. The van der Waals surface area contributed by atoms with Crippen molar-refractivity contribution in [1.82, 2.24) is 14.7 Å². The summed E-state index contributed by atoms with van der Waals surface area (Å²) in [5.41, 5.74) is 0.958. The van der Waals surface area contributed by atoms with Crippen molar-refractivity contribution in [3.8, 4) is 11.4 Å². The first-order chi connectivity index (χ1) is 10.8. The van der Waals surface area contributed by atoms with E-state index in [0.29, 0.717) is 11.0 Å². The first-order valence-electron chi connectivity index (χ1n) is 7.76. The van der Waals surface area contributed by atoms with Crippen molar-refractivity contribution in [2.75, 3.05) is 11.9 Å². The highest BCUT2D eigenvalue weighted by Gasteiger charge is 2.21. The summed E-state index contributed by atoms with van der Waals surface area (Å²) in [6.07, 6.45) is 3.12. The van der Waals surface area contributed by atoms with E-state index in [1.54, 1.807) is 0 Å². The molecule has 0 radical (unpaired) electrons. The Morgan fingerprint density at radius 3 is 2.73 bits per heavy atom. The Morgan fingerprint density at radius 1 is 1.27 bits per heavy atom. The Balaban J connectivity index is 0.000000847. The summed E-state index contributed by atoms with van der Waals surface area (Å²) in [4.78, 5) is 16.4. The zero-order chi connectivity index (χ0) is 15.8. The topological polar surface area (TPSA) is 66.9 Å². The smallest absolute Gasteiger partial charge is 0.243 e. The van der Waals surface area contributed by atoms with Crippen LogP contribution >= 0.6 is 11.5 Å². The molecule has 5 nitrogen and oxygen atoms in total. The number of hydrogen-bond acceptors (Lipinski definition) is 5. The lowest BCUT2D eigenvalue weighted by atomic mass is 10.0. The Bertz CT molecular complexity index is 579. The van der Waals surface area contributed by atoms with Crippen LogP contribution in [0.3, 0.4) is 0 Å². The second-order valence-corrected chi connectivity index (χ2v) is 5.53. The number of rotatable bonds is 3. The molecule has 22 heavy (non-hydrogen) atoms. The van der Waals surface area contributed by atoms with E-state index in [2.05, 4.69) is 20.0 Å². The Hall–Kier alpha value is -1.79. The first-order valence-corrected chi connectivity index (χ1v) is 8.53. The molecule has 1 saturated heterocycles. The summed E-state index contributed by atoms with van der Waals surface area (Å²) >= 11 is 1.22. The maximum absolute atomic E-state index is 12.1.